The van der Waals surface area contributed by atoms with Crippen molar-refractivity contribution >= 4 is 65.4 Å². The van der Waals surface area contributed by atoms with Crippen LogP contribution in [0.2, 0.25) is 0 Å². The number of fused-ring (bicyclic) bond motifs is 10. The van der Waals surface area contributed by atoms with E-state index in [1.807, 2.05) is 24.3 Å². The molecule has 0 unspecified atom stereocenters. The maximum Gasteiger partial charge on any atom is 0.136 e. The Kier molecular flexibility index (Phi) is 12.3. The van der Waals surface area contributed by atoms with Crippen molar-refractivity contribution in [2.24, 2.45) is 0 Å². The minimum atomic E-state index is 0.957. The van der Waals surface area contributed by atoms with Crippen LogP contribution in [-0.4, -0.2) is 49.1 Å². The summed E-state index contributed by atoms with van der Waals surface area (Å²) >= 11 is 0. The Morgan fingerprint density at radius 2 is 0.646 bits per heavy atom. The summed E-state index contributed by atoms with van der Waals surface area (Å²) in [5, 5.41) is 9.86. The number of nitrogens with zero attached hydrogens (tertiary/aromatic N) is 2. The van der Waals surface area contributed by atoms with E-state index >= 15 is 0 Å². The maximum absolute atomic E-state index is 5.86. The molecule has 0 saturated heterocycles. The number of hydrogen-bond donors (Lipinski definition) is 0. The maximum atomic E-state index is 5.86. The van der Waals surface area contributed by atoms with Crippen molar-refractivity contribution in [3.8, 4) is 0 Å². The molecular formula is C44H50N2O2. The Morgan fingerprint density at radius 1 is 0.333 bits per heavy atom. The Hall–Kier alpha value is -4.64. The van der Waals surface area contributed by atoms with Gasteiger partial charge in [0.1, 0.15) is 22.3 Å². The van der Waals surface area contributed by atoms with Crippen molar-refractivity contribution < 1.29 is 8.83 Å². The smallest absolute Gasteiger partial charge is 0.136 e. The molecule has 0 bridgehead atoms. The van der Waals surface area contributed by atoms with Crippen LogP contribution < -0.4 is 0 Å². The molecule has 2 aromatic heterocycles. The molecule has 2 heterocycles. The Balaban J connectivity index is 0.000000137. The Morgan fingerprint density at radius 3 is 0.979 bits per heavy atom. The molecule has 0 saturated carbocycles. The molecule has 0 radical (unpaired) electrons. The van der Waals surface area contributed by atoms with Gasteiger partial charge in [0.15, 0.2) is 0 Å². The molecule has 0 fully saturated rings. The predicted octanol–water partition coefficient (Wildman–Crippen LogP) is 12.2. The van der Waals surface area contributed by atoms with Gasteiger partial charge in [0.05, 0.1) is 0 Å². The molecular weight excluding hydrogens is 588 g/mol. The summed E-state index contributed by atoms with van der Waals surface area (Å²) in [4.78, 5) is 4.75. The standard InChI is InChI=1S/2C16H10O.2C6H15N/c2*1-2-6-12-11(5-1)9-10-15-16(12)13-7-3-4-8-14(13)17-15;2*1-4-7(5-2)6-3/h2*1-10H;2*4-6H2,1-3H3. The number of furan rings is 2. The molecule has 0 aliphatic carbocycles. The molecule has 0 spiro atoms. The normalized spacial score (nSPS) is 11.2. The van der Waals surface area contributed by atoms with Gasteiger partial charge >= 0.3 is 0 Å². The van der Waals surface area contributed by atoms with Crippen molar-refractivity contribution in [1.82, 2.24) is 9.80 Å². The zero-order valence-corrected chi connectivity index (χ0v) is 29.5. The first-order valence-corrected chi connectivity index (χ1v) is 17.6. The van der Waals surface area contributed by atoms with Gasteiger partial charge in [0.2, 0.25) is 0 Å². The molecule has 48 heavy (non-hydrogen) atoms. The zero-order valence-electron chi connectivity index (χ0n) is 29.5. The topological polar surface area (TPSA) is 32.8 Å². The minimum Gasteiger partial charge on any atom is -0.456 e. The van der Waals surface area contributed by atoms with Crippen LogP contribution in [0.15, 0.2) is 130 Å². The van der Waals surface area contributed by atoms with Gasteiger partial charge in [-0.2, -0.15) is 0 Å². The summed E-state index contributed by atoms with van der Waals surface area (Å²) in [6.45, 7) is 20.2. The van der Waals surface area contributed by atoms with E-state index in [0.29, 0.717) is 0 Å². The van der Waals surface area contributed by atoms with Crippen LogP contribution in [0.1, 0.15) is 41.5 Å². The highest BCUT2D eigenvalue weighted by molar-refractivity contribution is 6.19. The molecule has 0 amide bonds. The number of benzene rings is 6. The van der Waals surface area contributed by atoms with Gasteiger partial charge < -0.3 is 18.6 Å². The molecule has 8 rings (SSSR count). The van der Waals surface area contributed by atoms with Crippen molar-refractivity contribution in [2.75, 3.05) is 39.3 Å². The van der Waals surface area contributed by atoms with Gasteiger partial charge in [-0.15, -0.1) is 0 Å². The van der Waals surface area contributed by atoms with E-state index in [2.05, 4.69) is 148 Å². The fourth-order valence-electron chi connectivity index (χ4n) is 6.33. The fourth-order valence-corrected chi connectivity index (χ4v) is 6.33. The van der Waals surface area contributed by atoms with Crippen molar-refractivity contribution in [2.45, 2.75) is 41.5 Å². The van der Waals surface area contributed by atoms with Crippen LogP contribution in [0.4, 0.5) is 0 Å². The Bertz CT molecular complexity index is 2000. The average Bonchev–Trinajstić information content (AvgIpc) is 3.73. The highest BCUT2D eigenvalue weighted by atomic mass is 16.3. The van der Waals surface area contributed by atoms with Crippen molar-refractivity contribution in [3.05, 3.63) is 121 Å². The third-order valence-corrected chi connectivity index (χ3v) is 9.22. The first-order valence-electron chi connectivity index (χ1n) is 17.6. The van der Waals surface area contributed by atoms with Gasteiger partial charge in [-0.05, 0) is 85.1 Å². The lowest BCUT2D eigenvalue weighted by Crippen LogP contribution is -2.21. The lowest BCUT2D eigenvalue weighted by Gasteiger charge is -2.13. The summed E-state index contributed by atoms with van der Waals surface area (Å²) in [7, 11) is 0. The largest absolute Gasteiger partial charge is 0.456 e. The molecule has 248 valence electrons. The first-order chi connectivity index (χ1) is 23.6. The van der Waals surface area contributed by atoms with E-state index in [9.17, 15) is 0 Å². The SMILES string of the molecule is CCN(CC)CC.CCN(CC)CC.c1ccc2c(c1)ccc1oc3ccccc3c12.c1ccc2c(c1)ccc1oc3ccccc3c12. The second-order valence-corrected chi connectivity index (χ2v) is 11.8. The lowest BCUT2D eigenvalue weighted by molar-refractivity contribution is 0.321. The van der Waals surface area contributed by atoms with E-state index in [1.165, 1.54) is 82.4 Å². The summed E-state index contributed by atoms with van der Waals surface area (Å²) in [5.74, 6) is 0. The van der Waals surface area contributed by atoms with Gasteiger partial charge in [-0.1, -0.05) is 139 Å². The fraction of sp³-hybridized carbons (Fsp3) is 0.273. The molecule has 6 aromatic carbocycles. The molecule has 8 aromatic rings. The van der Waals surface area contributed by atoms with Crippen LogP contribution >= 0.6 is 0 Å². The first kappa shape index (κ1) is 34.7. The quantitative estimate of drug-likeness (QED) is 0.181. The summed E-state index contributed by atoms with van der Waals surface area (Å²) in [6.07, 6.45) is 0. The molecule has 0 N–H and O–H groups in total. The molecule has 4 nitrogen and oxygen atoms in total. The van der Waals surface area contributed by atoms with E-state index in [1.54, 1.807) is 0 Å². The van der Waals surface area contributed by atoms with E-state index in [-0.39, 0.29) is 0 Å². The summed E-state index contributed by atoms with van der Waals surface area (Å²) in [6, 6.07) is 41.6. The molecule has 4 heteroatoms. The van der Waals surface area contributed by atoms with Gasteiger partial charge in [-0.3, -0.25) is 0 Å². The highest BCUT2D eigenvalue weighted by Gasteiger charge is 2.10. The Labute approximate surface area is 285 Å². The van der Waals surface area contributed by atoms with Gasteiger partial charge in [-0.25, -0.2) is 0 Å². The monoisotopic (exact) mass is 638 g/mol. The average molecular weight is 639 g/mol. The lowest BCUT2D eigenvalue weighted by atomic mass is 10.0. The predicted molar refractivity (Wildman–Crippen MR) is 209 cm³/mol. The highest BCUT2D eigenvalue weighted by Crippen LogP contribution is 2.35. The van der Waals surface area contributed by atoms with Gasteiger partial charge in [0.25, 0.3) is 0 Å². The second-order valence-electron chi connectivity index (χ2n) is 11.8. The zero-order chi connectivity index (χ0) is 33.9. The number of rotatable bonds is 6. The third-order valence-electron chi connectivity index (χ3n) is 9.22. The van der Waals surface area contributed by atoms with E-state index in [4.69, 9.17) is 8.83 Å². The van der Waals surface area contributed by atoms with Crippen LogP contribution in [-0.2, 0) is 0 Å². The molecule has 0 atom stereocenters. The summed E-state index contributed by atoms with van der Waals surface area (Å²) < 4.78 is 11.7. The van der Waals surface area contributed by atoms with Crippen LogP contribution in [0.3, 0.4) is 0 Å². The van der Waals surface area contributed by atoms with E-state index in [0.717, 1.165) is 22.3 Å². The van der Waals surface area contributed by atoms with Crippen LogP contribution in [0.25, 0.3) is 65.4 Å². The van der Waals surface area contributed by atoms with Crippen molar-refractivity contribution in [3.63, 3.8) is 0 Å². The molecule has 0 aliphatic heterocycles. The van der Waals surface area contributed by atoms with Crippen LogP contribution in [0.5, 0.6) is 0 Å². The van der Waals surface area contributed by atoms with Crippen LogP contribution in [0, 0.1) is 0 Å². The minimum absolute atomic E-state index is 0.957. The number of hydrogen-bond acceptors (Lipinski definition) is 4. The van der Waals surface area contributed by atoms with Gasteiger partial charge in [0, 0.05) is 21.5 Å². The van der Waals surface area contributed by atoms with E-state index < -0.39 is 0 Å². The third kappa shape index (κ3) is 7.73. The second kappa shape index (κ2) is 17.0. The summed E-state index contributed by atoms with van der Waals surface area (Å²) in [5.41, 5.74) is 3.84. The number of para-hydroxylation sites is 2. The van der Waals surface area contributed by atoms with Crippen molar-refractivity contribution in [1.29, 1.82) is 0 Å². The molecule has 0 aliphatic rings.